The van der Waals surface area contributed by atoms with Crippen LogP contribution in [0.25, 0.3) is 0 Å². The molecule has 0 amide bonds. The maximum absolute atomic E-state index is 12.1. The van der Waals surface area contributed by atoms with Crippen molar-refractivity contribution < 1.29 is 39.4 Å². The SMILES string of the molecule is [C-]#Cc1ccc(F)cc1.[C-]#[O+].[C-]#[O+].[C-]#[O+].[W].c1cc[cH-]c1. The molecule has 0 saturated carbocycles. The first kappa shape index (κ1) is 27.3. The van der Waals surface area contributed by atoms with Gasteiger partial charge < -0.3 is 6.42 Å². The van der Waals surface area contributed by atoms with E-state index in [0.717, 1.165) is 0 Å². The molecule has 0 N–H and O–H groups in total. The van der Waals surface area contributed by atoms with Gasteiger partial charge in [-0.05, 0) is 12.1 Å². The van der Waals surface area contributed by atoms with Crippen molar-refractivity contribution in [1.29, 1.82) is 0 Å². The third kappa shape index (κ3) is 20.4. The van der Waals surface area contributed by atoms with Gasteiger partial charge in [0.05, 0.1) is 0 Å². The zero-order valence-electron chi connectivity index (χ0n) is 10.7. The van der Waals surface area contributed by atoms with E-state index >= 15 is 0 Å². The van der Waals surface area contributed by atoms with E-state index in [1.165, 1.54) is 24.3 Å². The van der Waals surface area contributed by atoms with Crippen LogP contribution in [0.15, 0.2) is 54.6 Å². The van der Waals surface area contributed by atoms with Gasteiger partial charge in [0.2, 0.25) is 0 Å². The van der Waals surface area contributed by atoms with Crippen LogP contribution >= 0.6 is 0 Å². The van der Waals surface area contributed by atoms with Gasteiger partial charge in [0.15, 0.2) is 0 Å². The van der Waals surface area contributed by atoms with Gasteiger partial charge in [0.25, 0.3) is 0 Å². The van der Waals surface area contributed by atoms with E-state index < -0.39 is 0 Å². The average Bonchev–Trinajstić information content (AvgIpc) is 3.14. The number of hydrogen-bond donors (Lipinski definition) is 0. The largest absolute Gasteiger partial charge is 0.214 e. The van der Waals surface area contributed by atoms with Gasteiger partial charge in [-0.15, -0.1) is 17.7 Å². The minimum atomic E-state index is -0.283. The zero-order valence-corrected chi connectivity index (χ0v) is 13.6. The molecule has 0 atom stereocenters. The molecule has 2 aromatic carbocycles. The Balaban J connectivity index is -0.000000104. The van der Waals surface area contributed by atoms with Crippen molar-refractivity contribution in [2.24, 2.45) is 0 Å². The smallest absolute Gasteiger partial charge is 0 e. The number of benzene rings is 1. The van der Waals surface area contributed by atoms with Crippen LogP contribution in [-0.4, -0.2) is 0 Å². The van der Waals surface area contributed by atoms with Crippen LogP contribution in [0.2, 0.25) is 0 Å². The Labute approximate surface area is 138 Å². The third-order valence-electron chi connectivity index (χ3n) is 1.54. The number of rotatable bonds is 0. The van der Waals surface area contributed by atoms with Gasteiger partial charge in [-0.25, -0.2) is 16.5 Å². The summed E-state index contributed by atoms with van der Waals surface area (Å²) in [6.07, 6.45) is 6.64. The van der Waals surface area contributed by atoms with Crippen LogP contribution in [0.3, 0.4) is 0 Å². The molecule has 0 fully saturated rings. The normalized spacial score (nSPS) is 5.81. The maximum atomic E-state index is 12.1. The molecule has 0 unspecified atom stereocenters. The Bertz CT molecular complexity index is 474. The molecule has 0 aliphatic rings. The molecule has 21 heavy (non-hydrogen) atoms. The van der Waals surface area contributed by atoms with Gasteiger partial charge in [0, 0.05) is 21.1 Å². The second kappa shape index (κ2) is 26.5. The van der Waals surface area contributed by atoms with Crippen molar-refractivity contribution in [2.45, 2.75) is 0 Å². The predicted molar refractivity (Wildman–Crippen MR) is 66.5 cm³/mol. The van der Waals surface area contributed by atoms with Crippen molar-refractivity contribution in [1.82, 2.24) is 0 Å². The van der Waals surface area contributed by atoms with E-state index in [-0.39, 0.29) is 26.9 Å². The molecule has 0 spiro atoms. The molecule has 0 bridgehead atoms. The molecule has 3 nitrogen and oxygen atoms in total. The quantitative estimate of drug-likeness (QED) is 0.336. The maximum Gasteiger partial charge on any atom is 0 e. The number of halogens is 1. The standard InChI is InChI=1S/C8H4F.C5H5.3CO.W/c1-2-7-3-5-8(9)6-4-7;1-2-4-5-3-1;3*1-2;/h3-6H;1-5H;;;;/q2*-1;;;;. The molecular formula is C16H9FO3W-2. The Morgan fingerprint density at radius 3 is 1.48 bits per heavy atom. The fourth-order valence-electron chi connectivity index (χ4n) is 0.854. The van der Waals surface area contributed by atoms with Crippen molar-refractivity contribution in [2.75, 3.05) is 0 Å². The van der Waals surface area contributed by atoms with E-state index in [2.05, 4.69) is 25.9 Å². The first-order valence-corrected chi connectivity index (χ1v) is 4.79. The molecule has 106 valence electrons. The summed E-state index contributed by atoms with van der Waals surface area (Å²) in [4.78, 5) is 0. The van der Waals surface area contributed by atoms with E-state index in [1.54, 1.807) is 0 Å². The molecule has 0 aliphatic heterocycles. The van der Waals surface area contributed by atoms with Crippen LogP contribution in [-0.2, 0) is 35.0 Å². The second-order valence-electron chi connectivity index (χ2n) is 2.59. The molecule has 0 heterocycles. The summed E-state index contributed by atoms with van der Waals surface area (Å²) < 4.78 is 34.6. The fourth-order valence-corrected chi connectivity index (χ4v) is 0.854. The van der Waals surface area contributed by atoms with Crippen molar-refractivity contribution in [3.63, 3.8) is 0 Å². The third-order valence-corrected chi connectivity index (χ3v) is 1.54. The molecule has 0 saturated heterocycles. The van der Waals surface area contributed by atoms with Crippen LogP contribution in [0.4, 0.5) is 4.39 Å². The first-order valence-electron chi connectivity index (χ1n) is 4.79. The van der Waals surface area contributed by atoms with Crippen molar-refractivity contribution in [3.8, 4) is 5.92 Å². The topological polar surface area (TPSA) is 59.7 Å². The monoisotopic (exact) mass is 452 g/mol. The zero-order chi connectivity index (χ0) is 16.2. The average molecular weight is 452 g/mol. The summed E-state index contributed by atoms with van der Waals surface area (Å²) in [5, 5.41) is 0. The predicted octanol–water partition coefficient (Wildman–Crippen LogP) is 3.05. The van der Waals surface area contributed by atoms with Crippen LogP contribution in [0.1, 0.15) is 5.56 Å². The van der Waals surface area contributed by atoms with Gasteiger partial charge in [-0.1, -0.05) is 0 Å². The van der Waals surface area contributed by atoms with Crippen molar-refractivity contribution >= 4 is 0 Å². The summed E-state index contributed by atoms with van der Waals surface area (Å²) in [5.41, 5.74) is 0.594. The van der Waals surface area contributed by atoms with E-state index in [0.29, 0.717) is 5.56 Å². The van der Waals surface area contributed by atoms with Gasteiger partial charge in [-0.3, -0.25) is 5.92 Å². The first-order chi connectivity index (χ1) is 9.83. The van der Waals surface area contributed by atoms with Gasteiger partial charge >= 0.3 is 33.9 Å². The molecule has 2 rings (SSSR count). The minimum Gasteiger partial charge on any atom is -0.214 e. The minimum absolute atomic E-state index is 0. The Kier molecular flexibility index (Phi) is 34.5. The Hall–Kier alpha value is -2.03. The molecule has 0 aliphatic carbocycles. The molecule has 5 heteroatoms. The summed E-state index contributed by atoms with van der Waals surface area (Å²) in [5.74, 6) is 1.85. The Morgan fingerprint density at radius 2 is 1.24 bits per heavy atom. The van der Waals surface area contributed by atoms with Gasteiger partial charge in [0.1, 0.15) is 5.82 Å². The second-order valence-corrected chi connectivity index (χ2v) is 2.59. The summed E-state index contributed by atoms with van der Waals surface area (Å²) in [7, 11) is 0. The van der Waals surface area contributed by atoms with Gasteiger partial charge in [-0.2, -0.15) is 18.2 Å². The fraction of sp³-hybridized carbons (Fsp3) is 0. The van der Waals surface area contributed by atoms with Crippen LogP contribution < -0.4 is 0 Å². The van der Waals surface area contributed by atoms with Crippen LogP contribution in [0, 0.1) is 38.1 Å². The molecular weight excluding hydrogens is 443 g/mol. The van der Waals surface area contributed by atoms with Crippen LogP contribution in [0.5, 0.6) is 0 Å². The van der Waals surface area contributed by atoms with E-state index in [4.69, 9.17) is 20.4 Å². The summed E-state index contributed by atoms with van der Waals surface area (Å²) in [6.45, 7) is 13.5. The summed E-state index contributed by atoms with van der Waals surface area (Å²) in [6, 6.07) is 15.6. The summed E-state index contributed by atoms with van der Waals surface area (Å²) >= 11 is 0. The van der Waals surface area contributed by atoms with E-state index in [1.807, 2.05) is 30.3 Å². The molecule has 2 aromatic rings. The Morgan fingerprint density at radius 1 is 0.857 bits per heavy atom. The molecule has 0 radical (unpaired) electrons. The van der Waals surface area contributed by atoms with E-state index in [9.17, 15) is 4.39 Å². The number of hydrogen-bond acceptors (Lipinski definition) is 0. The van der Waals surface area contributed by atoms with Crippen molar-refractivity contribution in [3.05, 3.63) is 92.4 Å². The molecule has 0 aromatic heterocycles.